The van der Waals surface area contributed by atoms with Crippen molar-refractivity contribution >= 4 is 32.6 Å². The number of sulfonamides is 1. The zero-order valence-electron chi connectivity index (χ0n) is 17.5. The van der Waals surface area contributed by atoms with E-state index in [-0.39, 0.29) is 42.3 Å². The van der Waals surface area contributed by atoms with Crippen LogP contribution in [0.2, 0.25) is 0 Å². The van der Waals surface area contributed by atoms with Crippen LogP contribution in [0.3, 0.4) is 0 Å². The summed E-state index contributed by atoms with van der Waals surface area (Å²) in [5.41, 5.74) is 1.35. The number of benzene rings is 3. The monoisotopic (exact) mass is 451 g/mol. The molecular formula is C24H25N3O4S. The van der Waals surface area contributed by atoms with E-state index in [1.165, 1.54) is 12.1 Å². The van der Waals surface area contributed by atoms with E-state index in [4.69, 9.17) is 0 Å². The van der Waals surface area contributed by atoms with E-state index in [0.717, 1.165) is 29.2 Å². The zero-order chi connectivity index (χ0) is 22.6. The van der Waals surface area contributed by atoms with Crippen molar-refractivity contribution < 1.29 is 18.0 Å². The highest BCUT2D eigenvalue weighted by atomic mass is 32.2. The molecule has 0 atom stereocenters. The number of amides is 2. The van der Waals surface area contributed by atoms with Crippen LogP contribution in [0.15, 0.2) is 71.6 Å². The predicted molar refractivity (Wildman–Crippen MR) is 123 cm³/mol. The SMILES string of the molecule is O=C(CCNC(=O)c1ccc2ccccc2c1)NCc1ccc(S(=O)(=O)NC2CC2)cc1. The van der Waals surface area contributed by atoms with Gasteiger partial charge >= 0.3 is 0 Å². The molecule has 1 aliphatic rings. The molecule has 8 heteroatoms. The molecule has 0 radical (unpaired) electrons. The molecule has 0 unspecified atom stereocenters. The van der Waals surface area contributed by atoms with Crippen LogP contribution < -0.4 is 15.4 Å². The second-order valence-electron chi connectivity index (χ2n) is 7.88. The first-order valence-electron chi connectivity index (χ1n) is 10.6. The molecule has 166 valence electrons. The van der Waals surface area contributed by atoms with E-state index in [2.05, 4.69) is 15.4 Å². The quantitative estimate of drug-likeness (QED) is 0.465. The van der Waals surface area contributed by atoms with Gasteiger partial charge in [0.05, 0.1) is 4.90 Å². The molecule has 3 aromatic carbocycles. The first-order chi connectivity index (χ1) is 15.4. The van der Waals surface area contributed by atoms with E-state index in [0.29, 0.717) is 5.56 Å². The summed E-state index contributed by atoms with van der Waals surface area (Å²) >= 11 is 0. The topological polar surface area (TPSA) is 104 Å². The molecule has 3 N–H and O–H groups in total. The lowest BCUT2D eigenvalue weighted by Gasteiger charge is -2.09. The molecule has 32 heavy (non-hydrogen) atoms. The number of fused-ring (bicyclic) bond motifs is 1. The van der Waals surface area contributed by atoms with Crippen molar-refractivity contribution in [1.82, 2.24) is 15.4 Å². The highest BCUT2D eigenvalue weighted by molar-refractivity contribution is 7.89. The van der Waals surface area contributed by atoms with Gasteiger partial charge in [-0.05, 0) is 53.4 Å². The molecule has 1 fully saturated rings. The Morgan fingerprint density at radius 3 is 2.31 bits per heavy atom. The fourth-order valence-electron chi connectivity index (χ4n) is 3.29. The Bertz CT molecular complexity index is 1240. The Hall–Kier alpha value is -3.23. The van der Waals surface area contributed by atoms with Gasteiger partial charge in [-0.25, -0.2) is 13.1 Å². The van der Waals surface area contributed by atoms with E-state index in [9.17, 15) is 18.0 Å². The zero-order valence-corrected chi connectivity index (χ0v) is 18.3. The van der Waals surface area contributed by atoms with Crippen molar-refractivity contribution in [2.45, 2.75) is 36.7 Å². The minimum atomic E-state index is -3.48. The molecule has 0 heterocycles. The lowest BCUT2D eigenvalue weighted by atomic mass is 10.1. The van der Waals surface area contributed by atoms with Crippen LogP contribution in [-0.4, -0.2) is 32.8 Å². The third-order valence-corrected chi connectivity index (χ3v) is 6.81. The first kappa shape index (κ1) is 22.0. The predicted octanol–water partition coefficient (Wildman–Crippen LogP) is 2.72. The molecule has 4 rings (SSSR count). The van der Waals surface area contributed by atoms with Crippen LogP contribution in [0.5, 0.6) is 0 Å². The van der Waals surface area contributed by atoms with Crippen LogP contribution in [0.25, 0.3) is 10.8 Å². The van der Waals surface area contributed by atoms with Crippen molar-refractivity contribution in [3.05, 3.63) is 77.9 Å². The average Bonchev–Trinajstić information content (AvgIpc) is 3.61. The maximum absolute atomic E-state index is 12.3. The minimum Gasteiger partial charge on any atom is -0.352 e. The maximum atomic E-state index is 12.3. The minimum absolute atomic E-state index is 0.0562. The van der Waals surface area contributed by atoms with E-state index < -0.39 is 10.0 Å². The second kappa shape index (κ2) is 9.50. The molecule has 7 nitrogen and oxygen atoms in total. The van der Waals surface area contributed by atoms with Crippen LogP contribution in [0, 0.1) is 0 Å². The Morgan fingerprint density at radius 1 is 0.875 bits per heavy atom. The summed E-state index contributed by atoms with van der Waals surface area (Å²) in [4.78, 5) is 24.6. The van der Waals surface area contributed by atoms with Gasteiger partial charge in [-0.15, -0.1) is 0 Å². The molecule has 0 spiro atoms. The van der Waals surface area contributed by atoms with Gasteiger partial charge in [0.1, 0.15) is 0 Å². The van der Waals surface area contributed by atoms with E-state index in [1.54, 1.807) is 18.2 Å². The normalized spacial score (nSPS) is 13.6. The van der Waals surface area contributed by atoms with E-state index >= 15 is 0 Å². The van der Waals surface area contributed by atoms with Crippen LogP contribution in [0.4, 0.5) is 0 Å². The van der Waals surface area contributed by atoms with Crippen LogP contribution >= 0.6 is 0 Å². The van der Waals surface area contributed by atoms with Crippen molar-refractivity contribution in [2.75, 3.05) is 6.54 Å². The fraction of sp³-hybridized carbons (Fsp3) is 0.250. The molecular weight excluding hydrogens is 426 g/mol. The second-order valence-corrected chi connectivity index (χ2v) is 9.60. The van der Waals surface area contributed by atoms with Gasteiger partial charge in [-0.3, -0.25) is 9.59 Å². The molecule has 2 amide bonds. The smallest absolute Gasteiger partial charge is 0.251 e. The number of carbonyl (C=O) groups is 2. The number of hydrogen-bond donors (Lipinski definition) is 3. The summed E-state index contributed by atoms with van der Waals surface area (Å²) in [7, 11) is -3.48. The van der Waals surface area contributed by atoms with Gasteiger partial charge in [0.15, 0.2) is 0 Å². The molecule has 1 saturated carbocycles. The Morgan fingerprint density at radius 2 is 1.59 bits per heavy atom. The average molecular weight is 452 g/mol. The van der Waals surface area contributed by atoms with Gasteiger partial charge in [0, 0.05) is 31.1 Å². The summed E-state index contributed by atoms with van der Waals surface area (Å²) in [6, 6.07) is 19.8. The summed E-state index contributed by atoms with van der Waals surface area (Å²) in [5, 5.41) is 7.60. The highest BCUT2D eigenvalue weighted by Crippen LogP contribution is 2.22. The molecule has 0 bridgehead atoms. The Balaban J connectivity index is 1.21. The first-order valence-corrected chi connectivity index (χ1v) is 12.0. The molecule has 1 aliphatic carbocycles. The van der Waals surface area contributed by atoms with Crippen LogP contribution in [0.1, 0.15) is 35.2 Å². The largest absolute Gasteiger partial charge is 0.352 e. The summed E-state index contributed by atoms with van der Waals surface area (Å²) in [6.07, 6.45) is 1.91. The molecule has 0 aliphatic heterocycles. The number of carbonyl (C=O) groups excluding carboxylic acids is 2. The van der Waals surface area contributed by atoms with Gasteiger partial charge in [-0.2, -0.15) is 0 Å². The third kappa shape index (κ3) is 5.72. The van der Waals surface area contributed by atoms with Crippen molar-refractivity contribution in [3.8, 4) is 0 Å². The van der Waals surface area contributed by atoms with E-state index in [1.807, 2.05) is 36.4 Å². The summed E-state index contributed by atoms with van der Waals surface area (Å²) in [6.45, 7) is 0.509. The summed E-state index contributed by atoms with van der Waals surface area (Å²) < 4.78 is 27.0. The van der Waals surface area contributed by atoms with Gasteiger partial charge < -0.3 is 10.6 Å². The van der Waals surface area contributed by atoms with Crippen molar-refractivity contribution in [2.24, 2.45) is 0 Å². The number of nitrogens with one attached hydrogen (secondary N) is 3. The summed E-state index contributed by atoms with van der Waals surface area (Å²) in [5.74, 6) is -0.420. The number of rotatable bonds is 9. The van der Waals surface area contributed by atoms with Crippen molar-refractivity contribution in [1.29, 1.82) is 0 Å². The molecule has 3 aromatic rings. The fourth-order valence-corrected chi connectivity index (χ4v) is 4.59. The van der Waals surface area contributed by atoms with Gasteiger partial charge in [-0.1, -0.05) is 42.5 Å². The maximum Gasteiger partial charge on any atom is 0.251 e. The molecule has 0 saturated heterocycles. The standard InChI is InChI=1S/C24H25N3O4S/c28-23(13-14-25-24(29)20-8-7-18-3-1-2-4-19(18)15-20)26-16-17-5-11-22(12-6-17)32(30,31)27-21-9-10-21/h1-8,11-12,15,21,27H,9-10,13-14,16H2,(H,25,29)(H,26,28). The highest BCUT2D eigenvalue weighted by Gasteiger charge is 2.27. The molecule has 0 aromatic heterocycles. The lowest BCUT2D eigenvalue weighted by molar-refractivity contribution is -0.121. The van der Waals surface area contributed by atoms with Gasteiger partial charge in [0.25, 0.3) is 5.91 Å². The van der Waals surface area contributed by atoms with Crippen molar-refractivity contribution in [3.63, 3.8) is 0 Å². The van der Waals surface area contributed by atoms with Gasteiger partial charge in [0.2, 0.25) is 15.9 Å². The number of hydrogen-bond acceptors (Lipinski definition) is 4. The van der Waals surface area contributed by atoms with Crippen LogP contribution in [-0.2, 0) is 21.4 Å². The Labute approximate surface area is 187 Å². The lowest BCUT2D eigenvalue weighted by Crippen LogP contribution is -2.30. The Kier molecular flexibility index (Phi) is 6.53. The third-order valence-electron chi connectivity index (χ3n) is 5.27.